The van der Waals surface area contributed by atoms with E-state index in [9.17, 15) is 13.6 Å². The fraction of sp³-hybridized carbons (Fsp3) is 0.519. The highest BCUT2D eigenvalue weighted by molar-refractivity contribution is 5.89. The largest absolute Gasteiger partial charge is 0.380 e. The summed E-state index contributed by atoms with van der Waals surface area (Å²) in [5, 5.41) is 5.95. The Balaban J connectivity index is 1.37. The molecule has 1 saturated carbocycles. The first kappa shape index (κ1) is 23.7. The standard InChI is InChI=1S/C27H35F2N3O/c1-17(33)30-21-7-5-18(6-8-21)23-9-10-24(26(29)25(23)28)31-22-13-19-15-32(16-20(19)14-22)12-11-27(2,3)4/h5-10,19-20,22,31H,11-16H2,1-4H3,(H,30,33)/t19-,20+,22+. The van der Waals surface area contributed by atoms with Crippen LogP contribution in [0.15, 0.2) is 36.4 Å². The molecule has 1 amide bonds. The lowest BCUT2D eigenvalue weighted by Crippen LogP contribution is -2.28. The molecule has 3 atom stereocenters. The Morgan fingerprint density at radius 1 is 1.00 bits per heavy atom. The molecule has 6 heteroatoms. The van der Waals surface area contributed by atoms with Gasteiger partial charge in [0.15, 0.2) is 11.6 Å². The van der Waals surface area contributed by atoms with Crippen molar-refractivity contribution >= 4 is 17.3 Å². The van der Waals surface area contributed by atoms with Crippen molar-refractivity contribution in [3.8, 4) is 11.1 Å². The van der Waals surface area contributed by atoms with Gasteiger partial charge in [-0.25, -0.2) is 8.78 Å². The predicted molar refractivity (Wildman–Crippen MR) is 130 cm³/mol. The lowest BCUT2D eigenvalue weighted by Gasteiger charge is -2.24. The molecule has 2 aromatic carbocycles. The maximum atomic E-state index is 14.9. The Morgan fingerprint density at radius 2 is 1.64 bits per heavy atom. The van der Waals surface area contributed by atoms with E-state index in [2.05, 4.69) is 36.3 Å². The molecular weight excluding hydrogens is 420 g/mol. The summed E-state index contributed by atoms with van der Waals surface area (Å²) in [4.78, 5) is 13.7. The summed E-state index contributed by atoms with van der Waals surface area (Å²) in [6.07, 6.45) is 3.20. The molecule has 0 spiro atoms. The molecule has 4 nitrogen and oxygen atoms in total. The first-order chi connectivity index (χ1) is 15.6. The average molecular weight is 456 g/mol. The van der Waals surface area contributed by atoms with Crippen LogP contribution in [0.25, 0.3) is 11.1 Å². The quantitative estimate of drug-likeness (QED) is 0.549. The van der Waals surface area contributed by atoms with Crippen LogP contribution in [0.2, 0.25) is 0 Å². The molecule has 1 saturated heterocycles. The van der Waals surface area contributed by atoms with Crippen molar-refractivity contribution < 1.29 is 13.6 Å². The van der Waals surface area contributed by atoms with Crippen LogP contribution in [0, 0.1) is 28.9 Å². The summed E-state index contributed by atoms with van der Waals surface area (Å²) in [5.74, 6) is -0.584. The lowest BCUT2D eigenvalue weighted by atomic mass is 9.92. The fourth-order valence-electron chi connectivity index (χ4n) is 5.23. The van der Waals surface area contributed by atoms with Gasteiger partial charge in [0.05, 0.1) is 5.69 Å². The minimum atomic E-state index is -0.848. The summed E-state index contributed by atoms with van der Waals surface area (Å²) < 4.78 is 29.8. The third-order valence-electron chi connectivity index (χ3n) is 6.96. The van der Waals surface area contributed by atoms with Gasteiger partial charge in [-0.3, -0.25) is 4.79 Å². The maximum absolute atomic E-state index is 14.9. The van der Waals surface area contributed by atoms with Crippen molar-refractivity contribution in [3.05, 3.63) is 48.0 Å². The number of hydrogen-bond donors (Lipinski definition) is 2. The number of anilines is 2. The Morgan fingerprint density at radius 3 is 2.21 bits per heavy atom. The van der Waals surface area contributed by atoms with E-state index in [0.717, 1.165) is 32.5 Å². The number of benzene rings is 2. The van der Waals surface area contributed by atoms with Gasteiger partial charge in [0.1, 0.15) is 0 Å². The molecule has 0 unspecified atom stereocenters. The normalized spacial score (nSPS) is 22.9. The smallest absolute Gasteiger partial charge is 0.221 e. The van der Waals surface area contributed by atoms with E-state index in [1.165, 1.54) is 13.3 Å². The van der Waals surface area contributed by atoms with E-state index < -0.39 is 11.6 Å². The van der Waals surface area contributed by atoms with Gasteiger partial charge in [-0.05, 0) is 72.9 Å². The SMILES string of the molecule is CC(=O)Nc1ccc(-c2ccc(N[C@H]3C[C@@H]4CN(CCC(C)(C)C)C[C@@H]4C3)c(F)c2F)cc1. The van der Waals surface area contributed by atoms with Gasteiger partial charge in [0.2, 0.25) is 5.91 Å². The first-order valence-corrected chi connectivity index (χ1v) is 11.9. The maximum Gasteiger partial charge on any atom is 0.221 e. The molecule has 33 heavy (non-hydrogen) atoms. The van der Waals surface area contributed by atoms with Crippen LogP contribution in [0.5, 0.6) is 0 Å². The number of fused-ring (bicyclic) bond motifs is 1. The van der Waals surface area contributed by atoms with Crippen LogP contribution < -0.4 is 10.6 Å². The zero-order chi connectivity index (χ0) is 23.8. The molecule has 1 heterocycles. The van der Waals surface area contributed by atoms with Gasteiger partial charge in [0, 0.05) is 37.3 Å². The van der Waals surface area contributed by atoms with Crippen molar-refractivity contribution in [3.63, 3.8) is 0 Å². The van der Waals surface area contributed by atoms with Crippen molar-refractivity contribution in [1.82, 2.24) is 4.90 Å². The van der Waals surface area contributed by atoms with Crippen LogP contribution in [0.1, 0.15) is 47.0 Å². The first-order valence-electron chi connectivity index (χ1n) is 11.9. The topological polar surface area (TPSA) is 44.4 Å². The molecule has 0 bridgehead atoms. The molecular formula is C27H35F2N3O. The number of carbonyl (C=O) groups excluding carboxylic acids is 1. The lowest BCUT2D eigenvalue weighted by molar-refractivity contribution is -0.114. The van der Waals surface area contributed by atoms with E-state index in [1.807, 2.05) is 0 Å². The Labute approximate surface area is 195 Å². The van der Waals surface area contributed by atoms with E-state index >= 15 is 0 Å². The molecule has 2 aromatic rings. The van der Waals surface area contributed by atoms with Crippen molar-refractivity contribution in [2.24, 2.45) is 17.3 Å². The highest BCUT2D eigenvalue weighted by atomic mass is 19.2. The van der Waals surface area contributed by atoms with Crippen molar-refractivity contribution in [2.75, 3.05) is 30.3 Å². The number of carbonyl (C=O) groups is 1. The summed E-state index contributed by atoms with van der Waals surface area (Å²) >= 11 is 0. The van der Waals surface area contributed by atoms with E-state index in [4.69, 9.17) is 0 Å². The van der Waals surface area contributed by atoms with Gasteiger partial charge >= 0.3 is 0 Å². The zero-order valence-corrected chi connectivity index (χ0v) is 20.1. The Hall–Kier alpha value is -2.47. The van der Waals surface area contributed by atoms with Crippen LogP contribution in [-0.2, 0) is 4.79 Å². The highest BCUT2D eigenvalue weighted by Crippen LogP contribution is 2.40. The third-order valence-corrected chi connectivity index (χ3v) is 6.96. The number of nitrogens with zero attached hydrogens (tertiary/aromatic N) is 1. The fourth-order valence-corrected chi connectivity index (χ4v) is 5.23. The molecule has 4 rings (SSSR count). The summed E-state index contributed by atoms with van der Waals surface area (Å²) in [6.45, 7) is 11.6. The molecule has 0 aromatic heterocycles. The second-order valence-corrected chi connectivity index (χ2v) is 11.0. The number of hydrogen-bond acceptors (Lipinski definition) is 3. The molecule has 2 aliphatic rings. The van der Waals surface area contributed by atoms with E-state index in [0.29, 0.717) is 28.5 Å². The molecule has 2 fully saturated rings. The van der Waals surface area contributed by atoms with Gasteiger partial charge in [-0.15, -0.1) is 0 Å². The van der Waals surface area contributed by atoms with E-state index in [1.54, 1.807) is 36.4 Å². The van der Waals surface area contributed by atoms with Crippen LogP contribution in [0.3, 0.4) is 0 Å². The van der Waals surface area contributed by atoms with Crippen molar-refractivity contribution in [1.29, 1.82) is 0 Å². The molecule has 1 aliphatic heterocycles. The highest BCUT2D eigenvalue weighted by Gasteiger charge is 2.41. The zero-order valence-electron chi connectivity index (χ0n) is 20.1. The number of rotatable bonds is 6. The average Bonchev–Trinajstić information content (AvgIpc) is 3.28. The minimum absolute atomic E-state index is 0.177. The molecule has 0 radical (unpaired) electrons. The molecule has 178 valence electrons. The second-order valence-electron chi connectivity index (χ2n) is 11.0. The van der Waals surface area contributed by atoms with Crippen LogP contribution in [-0.4, -0.2) is 36.5 Å². The monoisotopic (exact) mass is 455 g/mol. The van der Waals surface area contributed by atoms with Crippen LogP contribution in [0.4, 0.5) is 20.2 Å². The van der Waals surface area contributed by atoms with Gasteiger partial charge in [-0.2, -0.15) is 0 Å². The number of nitrogens with one attached hydrogen (secondary N) is 2. The van der Waals surface area contributed by atoms with E-state index in [-0.39, 0.29) is 23.2 Å². The van der Waals surface area contributed by atoms with Gasteiger partial charge in [-0.1, -0.05) is 32.9 Å². The summed E-state index contributed by atoms with van der Waals surface area (Å²) in [7, 11) is 0. The van der Waals surface area contributed by atoms with Crippen molar-refractivity contribution in [2.45, 2.75) is 53.0 Å². The predicted octanol–water partition coefficient (Wildman–Crippen LogP) is 6.15. The van der Waals surface area contributed by atoms with Gasteiger partial charge < -0.3 is 15.5 Å². The number of amides is 1. The number of likely N-dealkylation sites (tertiary alicyclic amines) is 1. The summed E-state index contributed by atoms with van der Waals surface area (Å²) in [5.41, 5.74) is 1.99. The summed E-state index contributed by atoms with van der Waals surface area (Å²) in [6, 6.07) is 10.2. The molecule has 2 N–H and O–H groups in total. The van der Waals surface area contributed by atoms with Crippen LogP contribution >= 0.6 is 0 Å². The second kappa shape index (κ2) is 9.41. The Bertz CT molecular complexity index is 986. The van der Waals surface area contributed by atoms with Gasteiger partial charge in [0.25, 0.3) is 0 Å². The third kappa shape index (κ3) is 5.72. The molecule has 1 aliphatic carbocycles. The minimum Gasteiger partial charge on any atom is -0.380 e. The number of halogens is 2. The Kier molecular flexibility index (Phi) is 6.76.